The molecule has 0 radical (unpaired) electrons. The van der Waals surface area contributed by atoms with Crippen molar-refractivity contribution in [1.82, 2.24) is 9.80 Å². The van der Waals surface area contributed by atoms with Crippen molar-refractivity contribution in [3.05, 3.63) is 0 Å². The van der Waals surface area contributed by atoms with Crippen molar-refractivity contribution in [3.63, 3.8) is 0 Å². The third-order valence-electron chi connectivity index (χ3n) is 25.9. The summed E-state index contributed by atoms with van der Waals surface area (Å²) >= 11 is 0. The summed E-state index contributed by atoms with van der Waals surface area (Å²) in [5.41, 5.74) is 0. The number of hydrogen-bond donors (Lipinski definition) is 0. The largest absolute Gasteiger partial charge is 0.508 e. The first kappa shape index (κ1) is 113. The lowest BCUT2D eigenvalue weighted by atomic mass is 9.75. The molecule has 0 aliphatic carbocycles. The Morgan fingerprint density at radius 2 is 0.576 bits per heavy atom. The van der Waals surface area contributed by atoms with Crippen molar-refractivity contribution in [2.75, 3.05) is 73.3 Å². The van der Waals surface area contributed by atoms with Gasteiger partial charge in [0.1, 0.15) is 18.8 Å². The van der Waals surface area contributed by atoms with Crippen LogP contribution in [0.4, 0.5) is 4.79 Å². The van der Waals surface area contributed by atoms with Gasteiger partial charge in [0.05, 0.1) is 26.4 Å². The molecule has 696 valence electrons. The minimum absolute atomic E-state index is 0.00323. The van der Waals surface area contributed by atoms with E-state index in [1.54, 1.807) is 0 Å². The van der Waals surface area contributed by atoms with Gasteiger partial charge in [0.25, 0.3) is 0 Å². The normalized spacial score (nSPS) is 14.1. The molecule has 118 heavy (non-hydrogen) atoms. The van der Waals surface area contributed by atoms with E-state index in [2.05, 4.69) is 60.3 Å². The number of carbonyl (C=O) groups is 6. The second kappa shape index (κ2) is 84.4. The molecular formula is C103H196N2O13. The Morgan fingerprint density at radius 1 is 0.271 bits per heavy atom. The highest BCUT2D eigenvalue weighted by Gasteiger charge is 2.26. The van der Waals surface area contributed by atoms with Gasteiger partial charge in [0.15, 0.2) is 0 Å². The lowest BCUT2D eigenvalue weighted by Gasteiger charge is -2.31. The van der Waals surface area contributed by atoms with E-state index in [0.717, 1.165) is 206 Å². The van der Waals surface area contributed by atoms with Gasteiger partial charge in [-0.25, -0.2) is 4.79 Å². The fourth-order valence-corrected chi connectivity index (χ4v) is 18.1. The van der Waals surface area contributed by atoms with Crippen LogP contribution in [-0.2, 0) is 57.1 Å². The number of nitrogens with zero attached hydrogens (tertiary/aromatic N) is 2. The highest BCUT2D eigenvalue weighted by Crippen LogP contribution is 2.37. The van der Waals surface area contributed by atoms with Crippen LogP contribution in [0.1, 0.15) is 505 Å². The summed E-state index contributed by atoms with van der Waals surface area (Å²) in [5.74, 6) is 3.57. The molecule has 15 nitrogen and oxygen atoms in total. The summed E-state index contributed by atoms with van der Waals surface area (Å²) in [6.45, 7) is 24.8. The number of likely N-dealkylation sites (N-methyl/N-ethyl adjacent to an activating group) is 1. The molecule has 0 amide bonds. The molecule has 1 saturated heterocycles. The average Bonchev–Trinajstić information content (AvgIpc) is 1.13. The van der Waals surface area contributed by atoms with Gasteiger partial charge in [0.2, 0.25) is 0 Å². The molecule has 0 aromatic heterocycles. The number of carbonyl (C=O) groups excluding carboxylic acids is 6. The maximum absolute atomic E-state index is 13.2. The van der Waals surface area contributed by atoms with Gasteiger partial charge in [-0.1, -0.05) is 338 Å². The smallest absolute Gasteiger partial charge is 0.466 e. The summed E-state index contributed by atoms with van der Waals surface area (Å²) in [6.07, 6.45) is 74.9. The zero-order chi connectivity index (χ0) is 86.0. The Labute approximate surface area is 729 Å². The zero-order valence-electron chi connectivity index (χ0n) is 79.7. The van der Waals surface area contributed by atoms with Crippen molar-refractivity contribution in [2.45, 2.75) is 517 Å². The van der Waals surface area contributed by atoms with Gasteiger partial charge in [-0.05, 0) is 204 Å². The molecule has 0 saturated carbocycles. The maximum Gasteiger partial charge on any atom is 0.508 e. The molecule has 1 aliphatic rings. The average molecular weight is 1670 g/mol. The van der Waals surface area contributed by atoms with Crippen LogP contribution >= 0.6 is 0 Å². The van der Waals surface area contributed by atoms with Gasteiger partial charge in [-0.15, -0.1) is 0 Å². The summed E-state index contributed by atoms with van der Waals surface area (Å²) in [6, 6.07) is 0. The minimum atomic E-state index is -0.585. The van der Waals surface area contributed by atoms with Gasteiger partial charge in [0, 0.05) is 38.6 Å². The van der Waals surface area contributed by atoms with Gasteiger partial charge in [-0.2, -0.15) is 0 Å². The first-order valence-corrected chi connectivity index (χ1v) is 51.7. The third kappa shape index (κ3) is 71.9. The molecule has 0 aromatic carbocycles. The van der Waals surface area contributed by atoms with E-state index in [0.29, 0.717) is 107 Å². The Bertz CT molecular complexity index is 2220. The van der Waals surface area contributed by atoms with Crippen LogP contribution in [0.15, 0.2) is 0 Å². The predicted molar refractivity (Wildman–Crippen MR) is 494 cm³/mol. The summed E-state index contributed by atoms with van der Waals surface area (Å²) in [5, 5.41) is 0. The lowest BCUT2D eigenvalue weighted by Crippen LogP contribution is -2.23. The van der Waals surface area contributed by atoms with Crippen molar-refractivity contribution in [1.29, 1.82) is 0 Å². The molecule has 0 bridgehead atoms. The van der Waals surface area contributed by atoms with Gasteiger partial charge < -0.3 is 43.0 Å². The number of ether oxygens (including phenoxy) is 7. The van der Waals surface area contributed by atoms with E-state index in [1.807, 2.05) is 19.0 Å². The number of likely N-dealkylation sites (tertiary alicyclic amines) is 1. The second-order valence-corrected chi connectivity index (χ2v) is 37.1. The summed E-state index contributed by atoms with van der Waals surface area (Å²) in [4.78, 5) is 81.7. The zero-order valence-corrected chi connectivity index (χ0v) is 79.7. The second-order valence-electron chi connectivity index (χ2n) is 37.1. The van der Waals surface area contributed by atoms with Crippen molar-refractivity contribution >= 4 is 36.0 Å². The standard InChI is InChI=1S/C103H196N2O13/c1-11-19-41-59-90(60-42-20-12-2)76-84-112-98(106)69-51-37-29-25-27-33-47-65-96(117-102(110)73-57-82-105-80-55-56-81-105)66-48-34-28-26-30-38-52-70-101(109)115-87-79-93(64-46-24-16-6)89-95(58-17-7)94(18-8)75-74-92(63-45-23-15-5)78-86-114-100(108)72-54-40-32-36-50-68-97(118-103(111)116-88-83-104(9)10)67-49-35-31-39-53-71-99(107)113-85-77-91(61-43-21-13-3)62-44-22-14-4/h90-97H,11-89H2,1-10H3. The molecule has 1 aliphatic heterocycles. The number of unbranched alkanes of at least 4 members (excludes halogenated alkanes) is 32. The summed E-state index contributed by atoms with van der Waals surface area (Å²) in [7, 11) is 3.91. The molecule has 15 heteroatoms. The van der Waals surface area contributed by atoms with E-state index in [4.69, 9.17) is 33.2 Å². The Balaban J connectivity index is 2.55. The van der Waals surface area contributed by atoms with Crippen molar-refractivity contribution in [3.8, 4) is 0 Å². The number of rotatable bonds is 90. The molecule has 0 N–H and O–H groups in total. The van der Waals surface area contributed by atoms with Crippen LogP contribution in [0.25, 0.3) is 0 Å². The van der Waals surface area contributed by atoms with E-state index in [9.17, 15) is 28.8 Å². The molecule has 1 fully saturated rings. The Morgan fingerprint density at radius 3 is 0.915 bits per heavy atom. The van der Waals surface area contributed by atoms with Crippen LogP contribution in [0.2, 0.25) is 0 Å². The number of esters is 5. The molecular weight excluding hydrogens is 1470 g/mol. The SMILES string of the molecule is CCCCCC(CCCCC)CCOC(=O)CCCCCCCCCC(CCCCCCCCCC(=O)OCCC(CCCCC)CC(CCC)C(CC)CCC(CCCCC)CCOC(=O)CCCCCCCC(CCCCCCCC(=O)OCCC(CCCCC)CCCCC)OC(=O)OCCN(C)C)OC(=O)CCCN1CCCC1. The van der Waals surface area contributed by atoms with Crippen LogP contribution in [0.5, 0.6) is 0 Å². The van der Waals surface area contributed by atoms with Crippen molar-refractivity contribution in [2.24, 2.45) is 35.5 Å². The maximum atomic E-state index is 13.2. The van der Waals surface area contributed by atoms with Crippen LogP contribution in [0.3, 0.4) is 0 Å². The van der Waals surface area contributed by atoms with Gasteiger partial charge >= 0.3 is 36.0 Å². The Kier molecular flexibility index (Phi) is 80.5. The first-order chi connectivity index (χ1) is 57.6. The van der Waals surface area contributed by atoms with Crippen molar-refractivity contribution < 1.29 is 61.9 Å². The highest BCUT2D eigenvalue weighted by atomic mass is 16.7. The highest BCUT2D eigenvalue weighted by molar-refractivity contribution is 5.70. The van der Waals surface area contributed by atoms with Crippen LogP contribution < -0.4 is 0 Å². The fraction of sp³-hybridized carbons (Fsp3) is 0.942. The van der Waals surface area contributed by atoms with E-state index in [-0.39, 0.29) is 42.1 Å². The van der Waals surface area contributed by atoms with Gasteiger partial charge in [-0.3, -0.25) is 24.0 Å². The molecule has 6 atom stereocenters. The predicted octanol–water partition coefficient (Wildman–Crippen LogP) is 29.6. The number of hydrogen-bond acceptors (Lipinski definition) is 15. The topological polar surface area (TPSA) is 174 Å². The van der Waals surface area contributed by atoms with E-state index < -0.39 is 6.16 Å². The third-order valence-corrected chi connectivity index (χ3v) is 25.9. The van der Waals surface area contributed by atoms with Crippen LogP contribution in [0, 0.1) is 35.5 Å². The summed E-state index contributed by atoms with van der Waals surface area (Å²) < 4.78 is 40.8. The van der Waals surface area contributed by atoms with E-state index in [1.165, 1.54) is 231 Å². The van der Waals surface area contributed by atoms with Crippen LogP contribution in [-0.4, -0.2) is 131 Å². The fourth-order valence-electron chi connectivity index (χ4n) is 18.1. The molecule has 1 heterocycles. The lowest BCUT2D eigenvalue weighted by molar-refractivity contribution is -0.150. The molecule has 1 rings (SSSR count). The first-order valence-electron chi connectivity index (χ1n) is 51.7. The molecule has 0 spiro atoms. The van der Waals surface area contributed by atoms with E-state index >= 15 is 0 Å². The minimum Gasteiger partial charge on any atom is -0.466 e. The Hall–Kier alpha value is -3.46. The molecule has 0 aromatic rings. The molecule has 6 unspecified atom stereocenters. The quantitative estimate of drug-likeness (QED) is 0.0319. The monoisotopic (exact) mass is 1670 g/mol.